The molecule has 1 aliphatic heterocycles. The van der Waals surface area contributed by atoms with Crippen molar-refractivity contribution in [3.8, 4) is 28.3 Å². The quantitative estimate of drug-likeness (QED) is 0.202. The highest BCUT2D eigenvalue weighted by Gasteiger charge is 2.25. The molecular formula is C31H39N5O2S. The average Bonchev–Trinajstić information content (AvgIpc) is 3.45. The Labute approximate surface area is 237 Å². The molecular weight excluding hydrogens is 506 g/mol. The molecule has 0 saturated carbocycles. The molecule has 3 heterocycles. The molecule has 2 aromatic heterocycles. The maximum Gasteiger partial charge on any atom is 0.119 e. The number of aromatic nitrogens is 3. The number of H-pyrrole nitrogens is 1. The Hall–Kier alpha value is -3.33. The van der Waals surface area contributed by atoms with Crippen molar-refractivity contribution < 1.29 is 9.47 Å². The molecule has 7 nitrogen and oxygen atoms in total. The van der Waals surface area contributed by atoms with Crippen LogP contribution in [0, 0.1) is 0 Å². The van der Waals surface area contributed by atoms with Crippen molar-refractivity contribution in [1.82, 2.24) is 25.2 Å². The van der Waals surface area contributed by atoms with Gasteiger partial charge < -0.3 is 19.8 Å². The molecule has 0 unspecified atom stereocenters. The first-order valence-corrected chi connectivity index (χ1v) is 14.0. The fraction of sp³-hybridized carbons (Fsp3) is 0.387. The average molecular weight is 546 g/mol. The van der Waals surface area contributed by atoms with E-state index in [-0.39, 0.29) is 5.41 Å². The Balaban J connectivity index is 0.000000270. The number of nitrogens with one attached hydrogen (secondary N) is 2. The number of methoxy groups -OCH3 is 1. The summed E-state index contributed by atoms with van der Waals surface area (Å²) >= 11 is 4.64. The Bertz CT molecular complexity index is 1350. The van der Waals surface area contributed by atoms with Crippen molar-refractivity contribution in [3.05, 3.63) is 66.7 Å². The maximum atomic E-state index is 5.34. The normalized spacial score (nSPS) is 13.9. The Kier molecular flexibility index (Phi) is 10.0. The second kappa shape index (κ2) is 13.6. The molecule has 0 amide bonds. The summed E-state index contributed by atoms with van der Waals surface area (Å²) < 4.78 is 10.6. The zero-order chi connectivity index (χ0) is 27.7. The first-order chi connectivity index (χ1) is 18.9. The first-order valence-electron chi connectivity index (χ1n) is 13.5. The van der Waals surface area contributed by atoms with E-state index in [0.29, 0.717) is 0 Å². The van der Waals surface area contributed by atoms with Crippen LogP contribution in [0.2, 0.25) is 0 Å². The lowest BCUT2D eigenvalue weighted by Crippen LogP contribution is -2.39. The molecule has 0 atom stereocenters. The number of imidazole rings is 1. The summed E-state index contributed by atoms with van der Waals surface area (Å²) in [5, 5.41) is 5.32. The van der Waals surface area contributed by atoms with Crippen LogP contribution < -0.4 is 10.1 Å². The van der Waals surface area contributed by atoms with Crippen LogP contribution in [0.5, 0.6) is 5.75 Å². The van der Waals surface area contributed by atoms with Crippen LogP contribution >= 0.6 is 12.2 Å². The minimum atomic E-state index is -0.0236. The van der Waals surface area contributed by atoms with E-state index in [1.165, 1.54) is 5.39 Å². The van der Waals surface area contributed by atoms with Crippen molar-refractivity contribution in [3.63, 3.8) is 0 Å². The maximum absolute atomic E-state index is 5.34. The van der Waals surface area contributed by atoms with E-state index in [1.807, 2.05) is 30.6 Å². The van der Waals surface area contributed by atoms with E-state index < -0.39 is 0 Å². The predicted molar refractivity (Wildman–Crippen MR) is 164 cm³/mol. The van der Waals surface area contributed by atoms with Gasteiger partial charge in [-0.2, -0.15) is 0 Å². The van der Waals surface area contributed by atoms with Gasteiger partial charge in [0.15, 0.2) is 0 Å². The Morgan fingerprint density at radius 3 is 2.46 bits per heavy atom. The summed E-state index contributed by atoms with van der Waals surface area (Å²) in [5.74, 6) is 1.87. The zero-order valence-electron chi connectivity index (χ0n) is 23.4. The van der Waals surface area contributed by atoms with Gasteiger partial charge in [-0.3, -0.25) is 9.88 Å². The number of ether oxygens (including phenoxy) is 2. The number of rotatable bonds is 9. The van der Waals surface area contributed by atoms with Crippen LogP contribution in [0.3, 0.4) is 0 Å². The number of hydrogen-bond acceptors (Lipinski definition) is 6. The summed E-state index contributed by atoms with van der Waals surface area (Å²) in [5.41, 5.74) is 5.74. The number of nitrogens with zero attached hydrogens (tertiary/aromatic N) is 3. The molecule has 8 heteroatoms. The molecule has 206 valence electrons. The summed E-state index contributed by atoms with van der Waals surface area (Å²) in [7, 11) is 1.69. The second-order valence-corrected chi connectivity index (χ2v) is 10.5. The minimum absolute atomic E-state index is 0.0236. The molecule has 2 aromatic carbocycles. The van der Waals surface area contributed by atoms with E-state index in [4.69, 9.17) is 14.5 Å². The van der Waals surface area contributed by atoms with E-state index in [2.05, 4.69) is 83.5 Å². The van der Waals surface area contributed by atoms with E-state index >= 15 is 0 Å². The van der Waals surface area contributed by atoms with E-state index in [9.17, 15) is 0 Å². The highest BCUT2D eigenvalue weighted by molar-refractivity contribution is 7.78. The fourth-order valence-electron chi connectivity index (χ4n) is 4.40. The van der Waals surface area contributed by atoms with Gasteiger partial charge in [0.1, 0.15) is 11.6 Å². The van der Waals surface area contributed by atoms with Gasteiger partial charge in [-0.05, 0) is 47.5 Å². The third-order valence-electron chi connectivity index (χ3n) is 7.28. The topological polar surface area (TPSA) is 75.3 Å². The minimum Gasteiger partial charge on any atom is -0.497 e. The lowest BCUT2D eigenvalue weighted by atomic mass is 9.89. The lowest BCUT2D eigenvalue weighted by Gasteiger charge is -2.26. The molecule has 0 aliphatic carbocycles. The molecule has 39 heavy (non-hydrogen) atoms. The first kappa shape index (κ1) is 28.7. The molecule has 1 saturated heterocycles. The number of morpholine rings is 1. The van der Waals surface area contributed by atoms with Crippen molar-refractivity contribution in [2.45, 2.75) is 32.6 Å². The standard InChI is InChI=1S/C24H25N3O.C7H14N2OS/c1-5-24(2,3)23-26-21(16-10-12-25-13-11-16)22(27-23)19-7-6-18-15-20(28-4)9-8-17(18)14-19;11-7-8-1-2-9-3-5-10-6-4-9/h6-15H,5H2,1-4H3,(H,26,27);7H,1-6H2,(H,8,11). The van der Waals surface area contributed by atoms with E-state index in [0.717, 1.165) is 85.3 Å². The number of fused-ring (bicyclic) bond motifs is 1. The highest BCUT2D eigenvalue weighted by Crippen LogP contribution is 2.36. The van der Waals surface area contributed by atoms with Gasteiger partial charge in [0.2, 0.25) is 0 Å². The van der Waals surface area contributed by atoms with Gasteiger partial charge in [0.25, 0.3) is 0 Å². The third kappa shape index (κ3) is 7.41. The lowest BCUT2D eigenvalue weighted by molar-refractivity contribution is 0.0390. The fourth-order valence-corrected chi connectivity index (χ4v) is 4.52. The number of hydrogen-bond donors (Lipinski definition) is 2. The van der Waals surface area contributed by atoms with Crippen LogP contribution in [-0.2, 0) is 10.2 Å². The number of benzene rings is 2. The van der Waals surface area contributed by atoms with Crippen LogP contribution in [-0.4, -0.2) is 71.8 Å². The molecule has 2 N–H and O–H groups in total. The van der Waals surface area contributed by atoms with Crippen LogP contribution in [0.1, 0.15) is 33.0 Å². The highest BCUT2D eigenvalue weighted by atomic mass is 32.1. The van der Waals surface area contributed by atoms with Gasteiger partial charge in [-0.1, -0.05) is 51.2 Å². The van der Waals surface area contributed by atoms with E-state index in [1.54, 1.807) is 12.6 Å². The second-order valence-electron chi connectivity index (χ2n) is 10.2. The van der Waals surface area contributed by atoms with Gasteiger partial charge in [0.05, 0.1) is 37.2 Å². The van der Waals surface area contributed by atoms with Crippen molar-refractivity contribution in [1.29, 1.82) is 0 Å². The SMILES string of the molecule is CCC(C)(C)c1nc(-c2ccc3cc(OC)ccc3c2)c(-c2ccncc2)[nH]1.S=CNCCN1CCOCC1. The molecule has 0 bridgehead atoms. The van der Waals surface area contributed by atoms with Gasteiger partial charge >= 0.3 is 0 Å². The smallest absolute Gasteiger partial charge is 0.119 e. The predicted octanol–water partition coefficient (Wildman–Crippen LogP) is 5.85. The van der Waals surface area contributed by atoms with Gasteiger partial charge in [0, 0.05) is 55.1 Å². The number of thiocarbonyl (C=S) groups is 1. The molecule has 4 aromatic rings. The number of aromatic amines is 1. The zero-order valence-corrected chi connectivity index (χ0v) is 24.2. The summed E-state index contributed by atoms with van der Waals surface area (Å²) in [6, 6.07) is 16.6. The van der Waals surface area contributed by atoms with Crippen LogP contribution in [0.15, 0.2) is 60.9 Å². The molecule has 0 radical (unpaired) electrons. The van der Waals surface area contributed by atoms with Crippen molar-refractivity contribution in [2.75, 3.05) is 46.5 Å². The van der Waals surface area contributed by atoms with Crippen molar-refractivity contribution in [2.24, 2.45) is 0 Å². The van der Waals surface area contributed by atoms with Crippen LogP contribution in [0.25, 0.3) is 33.3 Å². The summed E-state index contributed by atoms with van der Waals surface area (Å²) in [6.07, 6.45) is 4.64. The molecule has 5 rings (SSSR count). The van der Waals surface area contributed by atoms with Gasteiger partial charge in [-0.15, -0.1) is 0 Å². The monoisotopic (exact) mass is 545 g/mol. The number of pyridine rings is 1. The van der Waals surface area contributed by atoms with Gasteiger partial charge in [-0.25, -0.2) is 4.98 Å². The summed E-state index contributed by atoms with van der Waals surface area (Å²) in [4.78, 5) is 15.2. The molecule has 0 spiro atoms. The Morgan fingerprint density at radius 2 is 1.77 bits per heavy atom. The molecule has 1 aliphatic rings. The van der Waals surface area contributed by atoms with Crippen molar-refractivity contribution >= 4 is 28.5 Å². The van der Waals surface area contributed by atoms with Crippen LogP contribution in [0.4, 0.5) is 0 Å². The third-order valence-corrected chi connectivity index (χ3v) is 7.44. The largest absolute Gasteiger partial charge is 0.497 e. The summed E-state index contributed by atoms with van der Waals surface area (Å²) in [6.45, 7) is 12.5. The molecule has 1 fully saturated rings. The Morgan fingerprint density at radius 1 is 1.05 bits per heavy atom.